The molecular formula is C15H22O. The lowest BCUT2D eigenvalue weighted by molar-refractivity contribution is 0.159. The van der Waals surface area contributed by atoms with Gasteiger partial charge in [0.05, 0.1) is 0 Å². The summed E-state index contributed by atoms with van der Waals surface area (Å²) in [5.74, 6) is 1.12. The predicted molar refractivity (Wildman–Crippen MR) is 68.2 cm³/mol. The number of hydrogen-bond acceptors (Lipinski definition) is 1. The predicted octanol–water partition coefficient (Wildman–Crippen LogP) is 4.52. The van der Waals surface area contributed by atoms with E-state index < -0.39 is 0 Å². The summed E-state index contributed by atoms with van der Waals surface area (Å²) in [6, 6.07) is 0. The lowest BCUT2D eigenvalue weighted by Gasteiger charge is -2.14. The third-order valence-electron chi connectivity index (χ3n) is 3.40. The second-order valence-corrected chi connectivity index (χ2v) is 4.68. The molecule has 2 aliphatic rings. The average Bonchev–Trinajstić information content (AvgIpc) is 2.84. The van der Waals surface area contributed by atoms with E-state index in [0.717, 1.165) is 5.76 Å². The van der Waals surface area contributed by atoms with Crippen LogP contribution in [0, 0.1) is 0 Å². The largest absolute Gasteiger partial charge is 0.485 e. The van der Waals surface area contributed by atoms with Crippen LogP contribution >= 0.6 is 0 Å². The van der Waals surface area contributed by atoms with Crippen LogP contribution in [0.25, 0.3) is 0 Å². The molecule has 0 aromatic carbocycles. The van der Waals surface area contributed by atoms with Crippen molar-refractivity contribution in [3.8, 4) is 0 Å². The van der Waals surface area contributed by atoms with Gasteiger partial charge in [0.2, 0.25) is 0 Å². The Morgan fingerprint density at radius 2 is 2.00 bits per heavy atom. The minimum Gasteiger partial charge on any atom is -0.485 e. The maximum Gasteiger partial charge on any atom is 0.127 e. The average molecular weight is 218 g/mol. The summed E-state index contributed by atoms with van der Waals surface area (Å²) in [6.07, 6.45) is 14.3. The van der Waals surface area contributed by atoms with Crippen molar-refractivity contribution in [3.63, 3.8) is 0 Å². The molecule has 1 heteroatoms. The Balaban J connectivity index is 2.07. The molecule has 1 unspecified atom stereocenters. The van der Waals surface area contributed by atoms with Crippen LogP contribution in [0.15, 0.2) is 35.1 Å². The second kappa shape index (κ2) is 5.38. The Labute approximate surface area is 98.9 Å². The van der Waals surface area contributed by atoms with Gasteiger partial charge in [-0.05, 0) is 37.3 Å². The highest BCUT2D eigenvalue weighted by molar-refractivity contribution is 5.52. The first-order chi connectivity index (χ1) is 7.86. The molecule has 0 aromatic heterocycles. The third kappa shape index (κ3) is 2.23. The fraction of sp³-hybridized carbons (Fsp3) is 0.600. The van der Waals surface area contributed by atoms with Crippen LogP contribution in [-0.4, -0.2) is 6.10 Å². The number of hydrogen-bond donors (Lipinski definition) is 0. The van der Waals surface area contributed by atoms with E-state index in [4.69, 9.17) is 4.74 Å². The molecule has 1 atom stereocenters. The monoisotopic (exact) mass is 218 g/mol. The van der Waals surface area contributed by atoms with E-state index in [0.29, 0.717) is 6.10 Å². The van der Waals surface area contributed by atoms with Crippen molar-refractivity contribution >= 4 is 0 Å². The minimum atomic E-state index is 0.373. The van der Waals surface area contributed by atoms with Crippen molar-refractivity contribution in [2.24, 2.45) is 0 Å². The summed E-state index contributed by atoms with van der Waals surface area (Å²) in [4.78, 5) is 0. The van der Waals surface area contributed by atoms with E-state index in [1.165, 1.54) is 44.1 Å². The molecule has 0 fully saturated rings. The fourth-order valence-electron chi connectivity index (χ4n) is 2.46. The molecule has 0 aromatic rings. The third-order valence-corrected chi connectivity index (χ3v) is 3.40. The first-order valence-corrected chi connectivity index (χ1v) is 6.65. The Bertz CT molecular complexity index is 333. The number of fused-ring (bicyclic) bond motifs is 1. The first kappa shape index (κ1) is 11.5. The summed E-state index contributed by atoms with van der Waals surface area (Å²) < 4.78 is 6.02. The van der Waals surface area contributed by atoms with Crippen molar-refractivity contribution in [3.05, 3.63) is 35.1 Å². The van der Waals surface area contributed by atoms with Crippen molar-refractivity contribution in [1.82, 2.24) is 0 Å². The summed E-state index contributed by atoms with van der Waals surface area (Å²) in [5.41, 5.74) is 2.94. The lowest BCUT2D eigenvalue weighted by atomic mass is 9.96. The summed E-state index contributed by atoms with van der Waals surface area (Å²) in [6.45, 7) is 4.50. The number of allylic oxidation sites excluding steroid dienone is 3. The number of rotatable bonds is 6. The molecule has 1 heterocycles. The molecule has 0 spiro atoms. The van der Waals surface area contributed by atoms with Crippen molar-refractivity contribution in [2.75, 3.05) is 0 Å². The molecule has 0 amide bonds. The Kier molecular flexibility index (Phi) is 3.87. The van der Waals surface area contributed by atoms with Crippen LogP contribution in [-0.2, 0) is 4.74 Å². The van der Waals surface area contributed by atoms with Gasteiger partial charge in [-0.15, -0.1) is 0 Å². The zero-order chi connectivity index (χ0) is 11.4. The van der Waals surface area contributed by atoms with Gasteiger partial charge in [0, 0.05) is 5.57 Å². The molecule has 16 heavy (non-hydrogen) atoms. The molecule has 0 radical (unpaired) electrons. The lowest BCUT2D eigenvalue weighted by Crippen LogP contribution is -2.09. The molecule has 0 bridgehead atoms. The van der Waals surface area contributed by atoms with Gasteiger partial charge in [-0.25, -0.2) is 0 Å². The van der Waals surface area contributed by atoms with E-state index in [1.54, 1.807) is 5.57 Å². The Hall–Kier alpha value is -0.980. The maximum absolute atomic E-state index is 6.02. The molecular weight excluding hydrogens is 196 g/mol. The minimum absolute atomic E-state index is 0.373. The van der Waals surface area contributed by atoms with Crippen LogP contribution < -0.4 is 0 Å². The molecule has 0 saturated carbocycles. The molecule has 0 saturated heterocycles. The van der Waals surface area contributed by atoms with Gasteiger partial charge >= 0.3 is 0 Å². The highest BCUT2D eigenvalue weighted by Gasteiger charge is 2.29. The van der Waals surface area contributed by atoms with Gasteiger partial charge in [0.1, 0.15) is 11.9 Å². The molecule has 88 valence electrons. The molecule has 1 nitrogen and oxygen atoms in total. The van der Waals surface area contributed by atoms with Gasteiger partial charge in [0.25, 0.3) is 0 Å². The number of ether oxygens (including phenoxy) is 1. The van der Waals surface area contributed by atoms with Crippen LogP contribution in [0.3, 0.4) is 0 Å². The maximum atomic E-state index is 6.02. The van der Waals surface area contributed by atoms with E-state index >= 15 is 0 Å². The van der Waals surface area contributed by atoms with Gasteiger partial charge in [0.15, 0.2) is 0 Å². The SMILES string of the molecule is CCCCC1=C2C=CC=C2OC1CCCC. The van der Waals surface area contributed by atoms with Crippen molar-refractivity contribution < 1.29 is 4.74 Å². The van der Waals surface area contributed by atoms with Crippen LogP contribution in [0.5, 0.6) is 0 Å². The summed E-state index contributed by atoms with van der Waals surface area (Å²) >= 11 is 0. The number of unbranched alkanes of at least 4 members (excludes halogenated alkanes) is 2. The molecule has 0 N–H and O–H groups in total. The van der Waals surface area contributed by atoms with Crippen molar-refractivity contribution in [2.45, 2.75) is 58.5 Å². The summed E-state index contributed by atoms with van der Waals surface area (Å²) in [5, 5.41) is 0. The second-order valence-electron chi connectivity index (χ2n) is 4.68. The van der Waals surface area contributed by atoms with E-state index in [2.05, 4.69) is 32.1 Å². The zero-order valence-corrected chi connectivity index (χ0v) is 10.5. The van der Waals surface area contributed by atoms with E-state index in [9.17, 15) is 0 Å². The topological polar surface area (TPSA) is 9.23 Å². The zero-order valence-electron chi connectivity index (χ0n) is 10.5. The quantitative estimate of drug-likeness (QED) is 0.637. The molecule has 1 aliphatic carbocycles. The summed E-state index contributed by atoms with van der Waals surface area (Å²) in [7, 11) is 0. The van der Waals surface area contributed by atoms with Gasteiger partial charge < -0.3 is 4.74 Å². The van der Waals surface area contributed by atoms with E-state index in [-0.39, 0.29) is 0 Å². The van der Waals surface area contributed by atoms with Crippen molar-refractivity contribution in [1.29, 1.82) is 0 Å². The first-order valence-electron chi connectivity index (χ1n) is 6.65. The fourth-order valence-corrected chi connectivity index (χ4v) is 2.46. The Morgan fingerprint density at radius 3 is 2.75 bits per heavy atom. The molecule has 1 aliphatic heterocycles. The van der Waals surface area contributed by atoms with Crippen LogP contribution in [0.1, 0.15) is 52.4 Å². The standard InChI is InChI=1S/C15H22O/c1-3-5-8-12-13-9-7-11-15(13)16-14(12)10-6-4-2/h7,9,11,14H,3-6,8,10H2,1-2H3. The van der Waals surface area contributed by atoms with Gasteiger partial charge in [-0.2, -0.15) is 0 Å². The van der Waals surface area contributed by atoms with Gasteiger partial charge in [-0.3, -0.25) is 0 Å². The van der Waals surface area contributed by atoms with Crippen LogP contribution in [0.4, 0.5) is 0 Å². The highest BCUT2D eigenvalue weighted by atomic mass is 16.5. The smallest absolute Gasteiger partial charge is 0.127 e. The highest BCUT2D eigenvalue weighted by Crippen LogP contribution is 2.38. The van der Waals surface area contributed by atoms with E-state index in [1.807, 2.05) is 0 Å². The van der Waals surface area contributed by atoms with Crippen LogP contribution in [0.2, 0.25) is 0 Å². The normalized spacial score (nSPS) is 22.4. The Morgan fingerprint density at radius 1 is 1.19 bits per heavy atom. The van der Waals surface area contributed by atoms with Gasteiger partial charge in [-0.1, -0.05) is 38.8 Å². The molecule has 2 rings (SSSR count).